The first-order valence-corrected chi connectivity index (χ1v) is 12.4. The lowest BCUT2D eigenvalue weighted by atomic mass is 9.98. The number of ether oxygens (including phenoxy) is 1. The van der Waals surface area contributed by atoms with Crippen LogP contribution >= 0.6 is 11.3 Å². The van der Waals surface area contributed by atoms with Crippen molar-refractivity contribution in [1.82, 2.24) is 15.6 Å². The second-order valence-electron chi connectivity index (χ2n) is 8.75. The van der Waals surface area contributed by atoms with Crippen LogP contribution in [0.4, 0.5) is 4.79 Å². The highest BCUT2D eigenvalue weighted by Crippen LogP contribution is 2.44. The highest BCUT2D eigenvalue weighted by Gasteiger charge is 2.35. The molecule has 1 heterocycles. The van der Waals surface area contributed by atoms with Crippen molar-refractivity contribution in [2.75, 3.05) is 6.61 Å². The molecule has 0 saturated heterocycles. The smallest absolute Gasteiger partial charge is 0.407 e. The third-order valence-electron chi connectivity index (χ3n) is 6.68. The Morgan fingerprint density at radius 3 is 2.37 bits per heavy atom. The zero-order chi connectivity index (χ0) is 24.4. The van der Waals surface area contributed by atoms with Crippen LogP contribution in [-0.4, -0.2) is 40.7 Å². The lowest BCUT2D eigenvalue weighted by Gasteiger charge is -2.21. The van der Waals surface area contributed by atoms with Crippen LogP contribution in [0.5, 0.6) is 0 Å². The van der Waals surface area contributed by atoms with Crippen LogP contribution in [0.3, 0.4) is 0 Å². The molecule has 2 atom stereocenters. The van der Waals surface area contributed by atoms with Crippen LogP contribution in [0.15, 0.2) is 54.7 Å². The number of hydrogen-bond donors (Lipinski definition) is 3. The van der Waals surface area contributed by atoms with E-state index in [0.717, 1.165) is 28.9 Å². The molecule has 5 rings (SSSR count). The first-order valence-electron chi connectivity index (χ1n) is 11.6. The van der Waals surface area contributed by atoms with Crippen molar-refractivity contribution in [3.8, 4) is 11.1 Å². The first-order chi connectivity index (χ1) is 17.0. The molecule has 0 radical (unpaired) electrons. The molecule has 2 aromatic carbocycles. The molecule has 9 heteroatoms. The predicted octanol–water partition coefficient (Wildman–Crippen LogP) is 4.16. The van der Waals surface area contributed by atoms with Crippen molar-refractivity contribution < 1.29 is 24.2 Å². The Morgan fingerprint density at radius 2 is 1.71 bits per heavy atom. The number of aromatic nitrogens is 1. The van der Waals surface area contributed by atoms with Gasteiger partial charge in [-0.25, -0.2) is 14.6 Å². The van der Waals surface area contributed by atoms with E-state index in [1.807, 2.05) is 24.3 Å². The van der Waals surface area contributed by atoms with Crippen LogP contribution in [0.1, 0.15) is 51.0 Å². The second-order valence-corrected chi connectivity index (χ2v) is 9.87. The van der Waals surface area contributed by atoms with Gasteiger partial charge in [0.2, 0.25) is 5.91 Å². The van der Waals surface area contributed by atoms with Gasteiger partial charge in [0.05, 0.1) is 18.7 Å². The summed E-state index contributed by atoms with van der Waals surface area (Å²) in [5.41, 5.74) is 4.63. The number of carbonyl (C=O) groups excluding carboxylic acids is 2. The number of nitrogens with zero attached hydrogens (tertiary/aromatic N) is 1. The monoisotopic (exact) mass is 491 g/mol. The average Bonchev–Trinajstić information content (AvgIpc) is 3.59. The van der Waals surface area contributed by atoms with E-state index in [1.54, 1.807) is 0 Å². The molecular formula is C26H25N3O5S. The van der Waals surface area contributed by atoms with Gasteiger partial charge >= 0.3 is 12.1 Å². The highest BCUT2D eigenvalue weighted by molar-refractivity contribution is 7.13. The molecule has 1 saturated carbocycles. The van der Waals surface area contributed by atoms with E-state index in [4.69, 9.17) is 9.84 Å². The molecule has 3 aromatic rings. The minimum absolute atomic E-state index is 0.0233. The van der Waals surface area contributed by atoms with Gasteiger partial charge in [-0.15, -0.1) is 11.3 Å². The number of thiazole rings is 1. The van der Waals surface area contributed by atoms with Crippen molar-refractivity contribution >= 4 is 29.3 Å². The van der Waals surface area contributed by atoms with E-state index in [1.165, 1.54) is 17.3 Å². The van der Waals surface area contributed by atoms with E-state index in [0.29, 0.717) is 17.8 Å². The lowest BCUT2D eigenvalue weighted by Crippen LogP contribution is -2.44. The van der Waals surface area contributed by atoms with Gasteiger partial charge in [-0.3, -0.25) is 4.79 Å². The summed E-state index contributed by atoms with van der Waals surface area (Å²) in [7, 11) is 0. The summed E-state index contributed by atoms with van der Waals surface area (Å²) in [5, 5.41) is 15.2. The minimum Gasteiger partial charge on any atom is -0.477 e. The zero-order valence-corrected chi connectivity index (χ0v) is 19.7. The molecule has 2 amide bonds. The number of fused-ring (bicyclic) bond motifs is 3. The molecule has 0 unspecified atom stereocenters. The fraction of sp³-hybridized carbons (Fsp3) is 0.308. The van der Waals surface area contributed by atoms with Gasteiger partial charge in [0.1, 0.15) is 16.5 Å². The summed E-state index contributed by atoms with van der Waals surface area (Å²) >= 11 is 1.03. The predicted molar refractivity (Wildman–Crippen MR) is 130 cm³/mol. The van der Waals surface area contributed by atoms with Crippen LogP contribution in [0.25, 0.3) is 11.1 Å². The minimum atomic E-state index is -1.04. The number of amides is 2. The van der Waals surface area contributed by atoms with E-state index in [9.17, 15) is 14.4 Å². The molecule has 3 N–H and O–H groups in total. The molecular weight excluding hydrogens is 466 g/mol. The van der Waals surface area contributed by atoms with E-state index in [2.05, 4.69) is 39.9 Å². The molecule has 0 bridgehead atoms. The fourth-order valence-corrected chi connectivity index (χ4v) is 5.72. The van der Waals surface area contributed by atoms with Crippen molar-refractivity contribution in [1.29, 1.82) is 0 Å². The molecule has 1 aromatic heterocycles. The quantitative estimate of drug-likeness (QED) is 0.457. The van der Waals surface area contributed by atoms with Crippen LogP contribution < -0.4 is 10.6 Å². The van der Waals surface area contributed by atoms with Crippen LogP contribution in [-0.2, 0) is 16.1 Å². The van der Waals surface area contributed by atoms with Crippen molar-refractivity contribution in [3.05, 3.63) is 75.7 Å². The fourth-order valence-electron chi connectivity index (χ4n) is 5.02. The number of carboxylic acids is 1. The van der Waals surface area contributed by atoms with E-state index >= 15 is 0 Å². The topological polar surface area (TPSA) is 118 Å². The number of hydrogen-bond acceptors (Lipinski definition) is 6. The van der Waals surface area contributed by atoms with Gasteiger partial charge < -0.3 is 20.5 Å². The van der Waals surface area contributed by atoms with Crippen molar-refractivity contribution in [2.24, 2.45) is 5.92 Å². The maximum atomic E-state index is 12.8. The Morgan fingerprint density at radius 1 is 1.03 bits per heavy atom. The summed E-state index contributed by atoms with van der Waals surface area (Å²) in [6.07, 6.45) is 2.95. The SMILES string of the molecule is O=C(N[C@@H]1CCC[C@@H]1C(=O)NCc1ncc(C(=O)O)s1)OCC1c2ccccc2-c2ccccc21. The molecule has 8 nitrogen and oxygen atoms in total. The third-order valence-corrected chi connectivity index (χ3v) is 7.66. The number of carboxylic acid groups (broad SMARTS) is 1. The third kappa shape index (κ3) is 4.77. The summed E-state index contributed by atoms with van der Waals surface area (Å²) in [6.45, 7) is 0.379. The Hall–Kier alpha value is -3.72. The lowest BCUT2D eigenvalue weighted by molar-refractivity contribution is -0.125. The Labute approximate surface area is 206 Å². The van der Waals surface area contributed by atoms with E-state index in [-0.39, 0.29) is 41.8 Å². The normalized spacial score (nSPS) is 18.5. The van der Waals surface area contributed by atoms with Gasteiger partial charge in [-0.05, 0) is 35.1 Å². The number of alkyl carbamates (subject to hydrolysis) is 1. The van der Waals surface area contributed by atoms with Gasteiger partial charge in [0.15, 0.2) is 0 Å². The molecule has 1 fully saturated rings. The summed E-state index contributed by atoms with van der Waals surface area (Å²) in [4.78, 5) is 40.6. The standard InChI is InChI=1S/C26H25N3O5S/c30-24(28-13-23-27-12-22(35-23)25(31)32)19-10-5-11-21(19)29-26(33)34-14-20-17-8-3-1-6-15(17)16-7-2-4-9-18(16)20/h1-4,6-9,12,19-21H,5,10-11,13-14H2,(H,28,30)(H,29,33)(H,31,32)/t19-,21+/m0/s1. The summed E-state index contributed by atoms with van der Waals surface area (Å²) in [6, 6.07) is 16.0. The number of carbonyl (C=O) groups is 3. The number of nitrogens with one attached hydrogen (secondary N) is 2. The Kier molecular flexibility index (Phi) is 6.50. The van der Waals surface area contributed by atoms with Gasteiger partial charge in [-0.2, -0.15) is 0 Å². The molecule has 35 heavy (non-hydrogen) atoms. The van der Waals surface area contributed by atoms with Gasteiger partial charge in [0.25, 0.3) is 0 Å². The molecule has 2 aliphatic carbocycles. The van der Waals surface area contributed by atoms with Crippen LogP contribution in [0.2, 0.25) is 0 Å². The highest BCUT2D eigenvalue weighted by atomic mass is 32.1. The number of benzene rings is 2. The van der Waals surface area contributed by atoms with Gasteiger partial charge in [-0.1, -0.05) is 55.0 Å². The second kappa shape index (κ2) is 9.87. The summed E-state index contributed by atoms with van der Waals surface area (Å²) < 4.78 is 5.64. The molecule has 180 valence electrons. The Bertz CT molecular complexity index is 1230. The maximum absolute atomic E-state index is 12.8. The number of rotatable bonds is 7. The van der Waals surface area contributed by atoms with Gasteiger partial charge in [0, 0.05) is 12.0 Å². The molecule has 0 aliphatic heterocycles. The van der Waals surface area contributed by atoms with Crippen LogP contribution in [0, 0.1) is 5.92 Å². The average molecular weight is 492 g/mol. The van der Waals surface area contributed by atoms with Crippen molar-refractivity contribution in [3.63, 3.8) is 0 Å². The molecule has 0 spiro atoms. The molecule has 2 aliphatic rings. The first kappa shape index (κ1) is 23.0. The largest absolute Gasteiger partial charge is 0.477 e. The maximum Gasteiger partial charge on any atom is 0.407 e. The van der Waals surface area contributed by atoms with Crippen molar-refractivity contribution in [2.45, 2.75) is 37.8 Å². The Balaban J connectivity index is 1.16. The number of aromatic carboxylic acids is 1. The summed E-state index contributed by atoms with van der Waals surface area (Å²) in [5.74, 6) is -1.61. The van der Waals surface area contributed by atoms with E-state index < -0.39 is 12.1 Å². The zero-order valence-electron chi connectivity index (χ0n) is 18.9.